The van der Waals surface area contributed by atoms with E-state index in [2.05, 4.69) is 6.92 Å². The molecule has 0 radical (unpaired) electrons. The van der Waals surface area contributed by atoms with E-state index in [-0.39, 0.29) is 17.6 Å². The average Bonchev–Trinajstić information content (AvgIpc) is 2.45. The summed E-state index contributed by atoms with van der Waals surface area (Å²) in [4.78, 5) is 24.8. The zero-order chi connectivity index (χ0) is 15.6. The highest BCUT2D eigenvalue weighted by atomic mass is 16.6. The van der Waals surface area contributed by atoms with E-state index in [9.17, 15) is 14.9 Å². The molecule has 2 atom stereocenters. The lowest BCUT2D eigenvalue weighted by Gasteiger charge is -2.38. The van der Waals surface area contributed by atoms with Crippen molar-refractivity contribution >= 4 is 11.6 Å². The Morgan fingerprint density at radius 1 is 1.52 bits per heavy atom. The minimum atomic E-state index is -0.436. The molecule has 0 bridgehead atoms. The summed E-state index contributed by atoms with van der Waals surface area (Å²) in [5, 5.41) is 10.8. The van der Waals surface area contributed by atoms with Crippen molar-refractivity contribution in [3.63, 3.8) is 0 Å². The van der Waals surface area contributed by atoms with E-state index in [1.54, 1.807) is 17.9 Å². The highest BCUT2D eigenvalue weighted by Gasteiger charge is 2.30. The van der Waals surface area contributed by atoms with Gasteiger partial charge in [-0.2, -0.15) is 0 Å². The van der Waals surface area contributed by atoms with Crippen LogP contribution in [-0.4, -0.2) is 34.9 Å². The molecule has 21 heavy (non-hydrogen) atoms. The fraction of sp³-hybridized carbons (Fsp3) is 0.533. The van der Waals surface area contributed by atoms with Gasteiger partial charge in [0.05, 0.1) is 4.92 Å². The lowest BCUT2D eigenvalue weighted by molar-refractivity contribution is -0.385. The minimum Gasteiger partial charge on any atom is -0.334 e. The van der Waals surface area contributed by atoms with Crippen LogP contribution in [0.2, 0.25) is 0 Å². The molecule has 2 N–H and O–H groups in total. The molecule has 1 fully saturated rings. The van der Waals surface area contributed by atoms with Crippen LogP contribution in [0.4, 0.5) is 5.69 Å². The van der Waals surface area contributed by atoms with Gasteiger partial charge in [0.1, 0.15) is 0 Å². The van der Waals surface area contributed by atoms with Gasteiger partial charge >= 0.3 is 0 Å². The summed E-state index contributed by atoms with van der Waals surface area (Å²) in [7, 11) is 0. The first-order valence-corrected chi connectivity index (χ1v) is 7.20. The van der Waals surface area contributed by atoms with Gasteiger partial charge < -0.3 is 10.6 Å². The third kappa shape index (κ3) is 3.21. The number of piperidine rings is 1. The van der Waals surface area contributed by atoms with Gasteiger partial charge in [0.2, 0.25) is 0 Å². The number of hydrogen-bond acceptors (Lipinski definition) is 4. The van der Waals surface area contributed by atoms with Crippen LogP contribution in [0.15, 0.2) is 18.2 Å². The third-order valence-corrected chi connectivity index (χ3v) is 4.15. The third-order valence-electron chi connectivity index (χ3n) is 4.15. The lowest BCUT2D eigenvalue weighted by atomic mass is 9.91. The normalized spacial score (nSPS) is 22.1. The van der Waals surface area contributed by atoms with Crippen molar-refractivity contribution in [1.82, 2.24) is 4.90 Å². The molecule has 0 saturated carbocycles. The maximum atomic E-state index is 12.6. The molecule has 1 heterocycles. The van der Waals surface area contributed by atoms with E-state index >= 15 is 0 Å². The smallest absolute Gasteiger partial charge is 0.272 e. The predicted molar refractivity (Wildman–Crippen MR) is 80.1 cm³/mol. The van der Waals surface area contributed by atoms with Gasteiger partial charge in [-0.15, -0.1) is 0 Å². The van der Waals surface area contributed by atoms with Gasteiger partial charge in [-0.1, -0.05) is 6.92 Å². The molecule has 0 aliphatic carbocycles. The van der Waals surface area contributed by atoms with Crippen LogP contribution in [0.1, 0.15) is 35.7 Å². The van der Waals surface area contributed by atoms with Crippen molar-refractivity contribution in [2.75, 3.05) is 13.1 Å². The summed E-state index contributed by atoms with van der Waals surface area (Å²) in [5.74, 6) is 0.483. The van der Waals surface area contributed by atoms with Crippen molar-refractivity contribution in [3.8, 4) is 0 Å². The molecule has 0 aromatic heterocycles. The monoisotopic (exact) mass is 291 g/mol. The Labute approximate surface area is 124 Å². The van der Waals surface area contributed by atoms with Gasteiger partial charge in [0.15, 0.2) is 0 Å². The van der Waals surface area contributed by atoms with Crippen LogP contribution in [0.3, 0.4) is 0 Å². The Balaban J connectivity index is 2.23. The van der Waals surface area contributed by atoms with Crippen molar-refractivity contribution in [2.45, 2.75) is 32.7 Å². The maximum Gasteiger partial charge on any atom is 0.272 e. The molecule has 6 heteroatoms. The SMILES string of the molecule is Cc1cc(C(=O)N2CCC(C)CC2CN)ccc1[N+](=O)[O-]. The van der Waals surface area contributed by atoms with E-state index < -0.39 is 4.92 Å². The number of nitro benzene ring substituents is 1. The molecule has 2 unspecified atom stereocenters. The molecular formula is C15H21N3O3. The first-order valence-electron chi connectivity index (χ1n) is 7.20. The number of rotatable bonds is 3. The molecule has 1 aromatic carbocycles. The molecule has 2 rings (SSSR count). The summed E-state index contributed by atoms with van der Waals surface area (Å²) in [6.07, 6.45) is 1.88. The van der Waals surface area contributed by atoms with Gasteiger partial charge in [-0.25, -0.2) is 0 Å². The van der Waals surface area contributed by atoms with E-state index in [0.29, 0.717) is 30.1 Å². The molecular weight excluding hydrogens is 270 g/mol. The average molecular weight is 291 g/mol. The highest BCUT2D eigenvalue weighted by molar-refractivity contribution is 5.95. The fourth-order valence-corrected chi connectivity index (χ4v) is 2.90. The van der Waals surface area contributed by atoms with Crippen LogP contribution in [0, 0.1) is 23.0 Å². The van der Waals surface area contributed by atoms with Crippen LogP contribution in [0.5, 0.6) is 0 Å². The first-order chi connectivity index (χ1) is 9.93. The first kappa shape index (κ1) is 15.4. The fourth-order valence-electron chi connectivity index (χ4n) is 2.90. The summed E-state index contributed by atoms with van der Waals surface area (Å²) in [6, 6.07) is 4.56. The largest absolute Gasteiger partial charge is 0.334 e. The Hall–Kier alpha value is -1.95. The van der Waals surface area contributed by atoms with Crippen molar-refractivity contribution in [2.24, 2.45) is 11.7 Å². The number of hydrogen-bond donors (Lipinski definition) is 1. The molecule has 6 nitrogen and oxygen atoms in total. The molecule has 1 aromatic rings. The predicted octanol–water partition coefficient (Wildman–Crippen LogP) is 2.10. The van der Waals surface area contributed by atoms with E-state index in [1.807, 2.05) is 0 Å². The molecule has 0 spiro atoms. The molecule has 1 aliphatic heterocycles. The molecule has 1 amide bonds. The maximum absolute atomic E-state index is 12.6. The Morgan fingerprint density at radius 3 is 2.81 bits per heavy atom. The zero-order valence-electron chi connectivity index (χ0n) is 12.4. The number of likely N-dealkylation sites (tertiary alicyclic amines) is 1. The second-order valence-electron chi connectivity index (χ2n) is 5.78. The van der Waals surface area contributed by atoms with Gasteiger partial charge in [-0.05, 0) is 37.8 Å². The molecule has 114 valence electrons. The lowest BCUT2D eigenvalue weighted by Crippen LogP contribution is -2.49. The minimum absolute atomic E-state index is 0.0363. The Kier molecular flexibility index (Phi) is 4.57. The standard InChI is InChI=1S/C15H21N3O3/c1-10-5-6-17(13(7-10)9-16)15(19)12-3-4-14(18(20)21)11(2)8-12/h3-4,8,10,13H,5-7,9,16H2,1-2H3. The second kappa shape index (κ2) is 6.22. The Bertz CT molecular complexity index is 559. The second-order valence-corrected chi connectivity index (χ2v) is 5.78. The summed E-state index contributed by atoms with van der Waals surface area (Å²) in [6.45, 7) is 4.95. The van der Waals surface area contributed by atoms with Crippen molar-refractivity contribution < 1.29 is 9.72 Å². The number of carbonyl (C=O) groups excluding carboxylic acids is 1. The number of amides is 1. The van der Waals surface area contributed by atoms with Crippen LogP contribution in [-0.2, 0) is 0 Å². The topological polar surface area (TPSA) is 89.5 Å². The number of nitrogens with two attached hydrogens (primary N) is 1. The van der Waals surface area contributed by atoms with Crippen LogP contribution >= 0.6 is 0 Å². The van der Waals surface area contributed by atoms with E-state index in [0.717, 1.165) is 12.8 Å². The summed E-state index contributed by atoms with van der Waals surface area (Å²) < 4.78 is 0. The number of nitro groups is 1. The van der Waals surface area contributed by atoms with Gasteiger partial charge in [0, 0.05) is 36.3 Å². The highest BCUT2D eigenvalue weighted by Crippen LogP contribution is 2.25. The van der Waals surface area contributed by atoms with Crippen molar-refractivity contribution in [3.05, 3.63) is 39.4 Å². The number of benzene rings is 1. The molecule has 1 aliphatic rings. The molecule has 1 saturated heterocycles. The number of aryl methyl sites for hydroxylation is 1. The van der Waals surface area contributed by atoms with Gasteiger partial charge in [-0.3, -0.25) is 14.9 Å². The van der Waals surface area contributed by atoms with E-state index in [4.69, 9.17) is 5.73 Å². The van der Waals surface area contributed by atoms with Crippen LogP contribution < -0.4 is 5.73 Å². The number of carbonyl (C=O) groups is 1. The number of nitrogens with zero attached hydrogens (tertiary/aromatic N) is 2. The van der Waals surface area contributed by atoms with Gasteiger partial charge in [0.25, 0.3) is 11.6 Å². The Morgan fingerprint density at radius 2 is 2.24 bits per heavy atom. The summed E-state index contributed by atoms with van der Waals surface area (Å²) in [5.41, 5.74) is 6.81. The van der Waals surface area contributed by atoms with Crippen LogP contribution in [0.25, 0.3) is 0 Å². The quantitative estimate of drug-likeness (QED) is 0.682. The summed E-state index contributed by atoms with van der Waals surface area (Å²) >= 11 is 0. The van der Waals surface area contributed by atoms with Crippen molar-refractivity contribution in [1.29, 1.82) is 0 Å². The zero-order valence-corrected chi connectivity index (χ0v) is 12.4. The van der Waals surface area contributed by atoms with E-state index in [1.165, 1.54) is 12.1 Å².